The van der Waals surface area contributed by atoms with E-state index in [1.807, 2.05) is 56.6 Å². The zero-order valence-electron chi connectivity index (χ0n) is 16.2. The van der Waals surface area contributed by atoms with Gasteiger partial charge >= 0.3 is 5.97 Å². The Morgan fingerprint density at radius 3 is 2.26 bits per heavy atom. The molecule has 144 valence electrons. The molecule has 0 radical (unpaired) electrons. The number of ether oxygens (including phenoxy) is 1. The SMILES string of the molecule is CN(C)CC(c1ccc(OC(=O)c2ccccc2)cc1)C1(O)CCCCC1. The Labute approximate surface area is 161 Å². The van der Waals surface area contributed by atoms with Crippen LogP contribution in [0.25, 0.3) is 0 Å². The second-order valence-corrected chi connectivity index (χ2v) is 7.80. The first kappa shape index (κ1) is 19.6. The molecular formula is C23H29NO3. The van der Waals surface area contributed by atoms with E-state index in [-0.39, 0.29) is 11.9 Å². The maximum atomic E-state index is 12.2. The number of rotatable bonds is 6. The summed E-state index contributed by atoms with van der Waals surface area (Å²) in [5.41, 5.74) is 0.960. The Hall–Kier alpha value is -2.17. The maximum absolute atomic E-state index is 12.2. The molecule has 2 aromatic rings. The number of hydrogen-bond donors (Lipinski definition) is 1. The molecule has 1 atom stereocenters. The third-order valence-corrected chi connectivity index (χ3v) is 5.42. The van der Waals surface area contributed by atoms with Gasteiger partial charge in [0.2, 0.25) is 0 Å². The van der Waals surface area contributed by atoms with Crippen LogP contribution in [0.1, 0.15) is 53.9 Å². The van der Waals surface area contributed by atoms with E-state index in [1.54, 1.807) is 12.1 Å². The number of benzene rings is 2. The van der Waals surface area contributed by atoms with E-state index < -0.39 is 5.60 Å². The molecule has 1 aliphatic carbocycles. The first-order valence-electron chi connectivity index (χ1n) is 9.72. The van der Waals surface area contributed by atoms with Gasteiger partial charge in [-0.3, -0.25) is 0 Å². The first-order chi connectivity index (χ1) is 13.0. The lowest BCUT2D eigenvalue weighted by Crippen LogP contribution is -2.42. The number of nitrogens with zero attached hydrogens (tertiary/aromatic N) is 1. The fourth-order valence-electron chi connectivity index (χ4n) is 3.97. The Morgan fingerprint density at radius 2 is 1.67 bits per heavy atom. The minimum Gasteiger partial charge on any atom is -0.423 e. The zero-order chi connectivity index (χ0) is 19.3. The van der Waals surface area contributed by atoms with Gasteiger partial charge in [0.25, 0.3) is 0 Å². The average Bonchev–Trinajstić information content (AvgIpc) is 2.68. The largest absolute Gasteiger partial charge is 0.423 e. The smallest absolute Gasteiger partial charge is 0.343 e. The Kier molecular flexibility index (Phi) is 6.30. The summed E-state index contributed by atoms with van der Waals surface area (Å²) in [7, 11) is 4.07. The number of likely N-dealkylation sites (N-methyl/N-ethyl adjacent to an activating group) is 1. The predicted molar refractivity (Wildman–Crippen MR) is 107 cm³/mol. The monoisotopic (exact) mass is 367 g/mol. The summed E-state index contributed by atoms with van der Waals surface area (Å²) in [4.78, 5) is 14.3. The van der Waals surface area contributed by atoms with Crippen molar-refractivity contribution in [2.24, 2.45) is 0 Å². The van der Waals surface area contributed by atoms with Crippen molar-refractivity contribution in [1.82, 2.24) is 4.90 Å². The molecule has 0 aromatic heterocycles. The molecular weight excluding hydrogens is 338 g/mol. The molecule has 27 heavy (non-hydrogen) atoms. The fourth-order valence-corrected chi connectivity index (χ4v) is 3.97. The fraction of sp³-hybridized carbons (Fsp3) is 0.435. The van der Waals surface area contributed by atoms with Gasteiger partial charge in [-0.05, 0) is 56.8 Å². The number of carbonyl (C=O) groups is 1. The standard InChI is InChI=1S/C23H29NO3/c1-24(2)17-21(23(26)15-7-4-8-16-23)18-11-13-20(14-12-18)27-22(25)19-9-5-3-6-10-19/h3,5-6,9-14,21,26H,4,7-8,15-17H2,1-2H3. The lowest BCUT2D eigenvalue weighted by Gasteiger charge is -2.40. The van der Waals surface area contributed by atoms with Gasteiger partial charge in [-0.25, -0.2) is 4.79 Å². The van der Waals surface area contributed by atoms with Crippen LogP contribution in [0.3, 0.4) is 0 Å². The molecule has 0 amide bonds. The van der Waals surface area contributed by atoms with Gasteiger partial charge in [-0.2, -0.15) is 0 Å². The highest BCUT2D eigenvalue weighted by atomic mass is 16.5. The van der Waals surface area contributed by atoms with Crippen LogP contribution in [-0.4, -0.2) is 42.2 Å². The minimum absolute atomic E-state index is 0.0478. The van der Waals surface area contributed by atoms with E-state index in [0.717, 1.165) is 37.8 Å². The molecule has 2 aromatic carbocycles. The molecule has 0 saturated heterocycles. The third kappa shape index (κ3) is 4.96. The van der Waals surface area contributed by atoms with E-state index in [1.165, 1.54) is 6.42 Å². The molecule has 1 unspecified atom stereocenters. The molecule has 4 nitrogen and oxygen atoms in total. The summed E-state index contributed by atoms with van der Waals surface area (Å²) in [5, 5.41) is 11.3. The van der Waals surface area contributed by atoms with Crippen molar-refractivity contribution in [3.8, 4) is 5.75 Å². The van der Waals surface area contributed by atoms with Gasteiger partial charge in [0.1, 0.15) is 5.75 Å². The number of aliphatic hydroxyl groups is 1. The number of esters is 1. The van der Waals surface area contributed by atoms with Gasteiger partial charge in [0, 0.05) is 12.5 Å². The average molecular weight is 367 g/mol. The van der Waals surface area contributed by atoms with E-state index in [9.17, 15) is 9.90 Å². The van der Waals surface area contributed by atoms with Gasteiger partial charge in [0.15, 0.2) is 0 Å². The molecule has 1 aliphatic rings. The lowest BCUT2D eigenvalue weighted by molar-refractivity contribution is -0.0277. The van der Waals surface area contributed by atoms with Gasteiger partial charge in [-0.1, -0.05) is 49.6 Å². The Bertz CT molecular complexity index is 734. The van der Waals surface area contributed by atoms with Crippen molar-refractivity contribution in [2.45, 2.75) is 43.6 Å². The molecule has 0 heterocycles. The van der Waals surface area contributed by atoms with Crippen LogP contribution in [-0.2, 0) is 0 Å². The Morgan fingerprint density at radius 1 is 1.04 bits per heavy atom. The second-order valence-electron chi connectivity index (χ2n) is 7.80. The Balaban J connectivity index is 1.76. The normalized spacial score (nSPS) is 17.5. The molecule has 4 heteroatoms. The summed E-state index contributed by atoms with van der Waals surface area (Å²) >= 11 is 0. The van der Waals surface area contributed by atoms with Crippen LogP contribution in [0, 0.1) is 0 Å². The van der Waals surface area contributed by atoms with Gasteiger partial charge in [0.05, 0.1) is 11.2 Å². The molecule has 0 spiro atoms. The maximum Gasteiger partial charge on any atom is 0.343 e. The zero-order valence-corrected chi connectivity index (χ0v) is 16.2. The van der Waals surface area contributed by atoms with Crippen LogP contribution in [0.4, 0.5) is 0 Å². The van der Waals surface area contributed by atoms with E-state index in [0.29, 0.717) is 11.3 Å². The summed E-state index contributed by atoms with van der Waals surface area (Å²) in [5.74, 6) is 0.206. The van der Waals surface area contributed by atoms with Crippen molar-refractivity contribution < 1.29 is 14.6 Å². The molecule has 1 fully saturated rings. The van der Waals surface area contributed by atoms with Crippen molar-refractivity contribution in [2.75, 3.05) is 20.6 Å². The van der Waals surface area contributed by atoms with Crippen LogP contribution >= 0.6 is 0 Å². The van der Waals surface area contributed by atoms with E-state index in [4.69, 9.17) is 4.74 Å². The highest BCUT2D eigenvalue weighted by Crippen LogP contribution is 2.40. The summed E-state index contributed by atoms with van der Waals surface area (Å²) < 4.78 is 5.48. The first-order valence-corrected chi connectivity index (χ1v) is 9.72. The molecule has 3 rings (SSSR count). The summed E-state index contributed by atoms with van der Waals surface area (Å²) in [6.45, 7) is 0.791. The molecule has 1 N–H and O–H groups in total. The summed E-state index contributed by atoms with van der Waals surface area (Å²) in [6, 6.07) is 16.6. The third-order valence-electron chi connectivity index (χ3n) is 5.42. The van der Waals surface area contributed by atoms with Gasteiger partial charge in [-0.15, -0.1) is 0 Å². The van der Waals surface area contributed by atoms with Crippen LogP contribution in [0.15, 0.2) is 54.6 Å². The van der Waals surface area contributed by atoms with E-state index in [2.05, 4.69) is 4.90 Å². The van der Waals surface area contributed by atoms with Crippen LogP contribution < -0.4 is 4.74 Å². The topological polar surface area (TPSA) is 49.8 Å². The predicted octanol–water partition coefficient (Wildman–Crippen LogP) is 4.25. The van der Waals surface area contributed by atoms with Crippen molar-refractivity contribution in [1.29, 1.82) is 0 Å². The number of carbonyl (C=O) groups excluding carboxylic acids is 1. The highest BCUT2D eigenvalue weighted by Gasteiger charge is 2.38. The van der Waals surface area contributed by atoms with Gasteiger partial charge < -0.3 is 14.7 Å². The molecule has 0 aliphatic heterocycles. The molecule has 1 saturated carbocycles. The lowest BCUT2D eigenvalue weighted by atomic mass is 9.72. The van der Waals surface area contributed by atoms with Crippen LogP contribution in [0.2, 0.25) is 0 Å². The van der Waals surface area contributed by atoms with E-state index >= 15 is 0 Å². The van der Waals surface area contributed by atoms with Crippen molar-refractivity contribution in [3.63, 3.8) is 0 Å². The highest BCUT2D eigenvalue weighted by molar-refractivity contribution is 5.90. The molecule has 0 bridgehead atoms. The summed E-state index contributed by atoms with van der Waals surface area (Å²) in [6.07, 6.45) is 5.04. The second kappa shape index (κ2) is 8.68. The minimum atomic E-state index is -0.662. The van der Waals surface area contributed by atoms with Crippen molar-refractivity contribution >= 4 is 5.97 Å². The number of hydrogen-bond acceptors (Lipinski definition) is 4. The van der Waals surface area contributed by atoms with Crippen LogP contribution in [0.5, 0.6) is 5.75 Å². The quantitative estimate of drug-likeness (QED) is 0.613. The van der Waals surface area contributed by atoms with Crippen molar-refractivity contribution in [3.05, 3.63) is 65.7 Å².